The highest BCUT2D eigenvalue weighted by atomic mass is 32.2. The number of hydrogen-bond donors (Lipinski definition) is 3. The lowest BCUT2D eigenvalue weighted by molar-refractivity contribution is -0.149. The van der Waals surface area contributed by atoms with Crippen LogP contribution >= 0.6 is 11.8 Å². The summed E-state index contributed by atoms with van der Waals surface area (Å²) in [6, 6.07) is 0.0247. The summed E-state index contributed by atoms with van der Waals surface area (Å²) >= 11 is 1.75. The molecule has 12 heteroatoms. The molecule has 0 aromatic rings. The number of carbonyl (C=O) groups excluding carboxylic acids is 4. The predicted octanol–water partition coefficient (Wildman–Crippen LogP) is -0.746. The number of rotatable bonds is 6. The minimum atomic E-state index is -4.71. The maximum atomic E-state index is 12.1. The highest BCUT2D eigenvalue weighted by Gasteiger charge is 2.48. The van der Waals surface area contributed by atoms with E-state index in [1.165, 1.54) is 0 Å². The fraction of sp³-hybridized carbons (Fsp3) is 0.714. The Labute approximate surface area is 154 Å². The Balaban J connectivity index is 1.45. The van der Waals surface area contributed by atoms with Gasteiger partial charge < -0.3 is 10.6 Å². The number of nitrogens with zero attached hydrogens (tertiary/aromatic N) is 1. The zero-order valence-electron chi connectivity index (χ0n) is 13.7. The summed E-state index contributed by atoms with van der Waals surface area (Å²) in [5, 5.41) is 4.07. The van der Waals surface area contributed by atoms with Gasteiger partial charge in [-0.2, -0.15) is 20.2 Å². The van der Waals surface area contributed by atoms with Gasteiger partial charge in [-0.05, 0) is 12.8 Å². The average Bonchev–Trinajstić information content (AvgIpc) is 3.16. The number of likely N-dealkylation sites (tertiary alicyclic amines) is 1. The maximum Gasteiger partial charge on any atom is 0.315 e. The third-order valence-electron chi connectivity index (χ3n) is 4.78. The van der Waals surface area contributed by atoms with Crippen molar-refractivity contribution in [2.45, 2.75) is 54.7 Å². The quantitative estimate of drug-likeness (QED) is 0.226. The van der Waals surface area contributed by atoms with Crippen LogP contribution in [-0.2, 0) is 24.5 Å². The number of thioether (sulfide) groups is 1. The number of carbonyl (C=O) groups is 4. The second-order valence-corrected chi connectivity index (χ2v) is 9.41. The minimum absolute atomic E-state index is 0.0637. The Morgan fingerprint density at radius 3 is 2.62 bits per heavy atom. The van der Waals surface area contributed by atoms with E-state index < -0.39 is 39.5 Å². The van der Waals surface area contributed by atoms with Gasteiger partial charge in [-0.15, -0.1) is 0 Å². The van der Waals surface area contributed by atoms with Crippen LogP contribution in [0.4, 0.5) is 4.79 Å². The van der Waals surface area contributed by atoms with Crippen molar-refractivity contribution in [1.29, 1.82) is 0 Å². The minimum Gasteiger partial charge on any atom is -0.332 e. The molecular weight excluding hydrogens is 386 g/mol. The fourth-order valence-electron chi connectivity index (χ4n) is 3.48. The van der Waals surface area contributed by atoms with Gasteiger partial charge in [0.1, 0.15) is 0 Å². The average molecular weight is 405 g/mol. The molecular formula is C14H19N3O7S2. The molecule has 0 radical (unpaired) electrons. The first kappa shape index (κ1) is 19.1. The highest BCUT2D eigenvalue weighted by molar-refractivity contribution is 8.00. The standard InChI is InChI=1S/C14H19N3O7S2/c18-10(17-11(19)5-9(13(17)20)26(22,23)24)4-2-1-3-8-12-7(6-25-8)15-14(21)16-12/h7-9,12H,1-6H2,(H2,15,16,21)(H,22,23,24)/t7-,8+,9+,12-/m0/s1. The first-order valence-electron chi connectivity index (χ1n) is 8.23. The van der Waals surface area contributed by atoms with Crippen LogP contribution in [0.15, 0.2) is 0 Å². The topological polar surface area (TPSA) is 150 Å². The molecule has 144 valence electrons. The molecule has 3 rings (SSSR count). The van der Waals surface area contributed by atoms with Crippen molar-refractivity contribution in [3.05, 3.63) is 0 Å². The molecule has 0 aromatic carbocycles. The predicted molar refractivity (Wildman–Crippen MR) is 90.8 cm³/mol. The summed E-state index contributed by atoms with van der Waals surface area (Å²) in [4.78, 5) is 47.4. The number of unbranched alkanes of at least 4 members (excludes halogenated alkanes) is 1. The molecule has 0 bridgehead atoms. The summed E-state index contributed by atoms with van der Waals surface area (Å²) in [7, 11) is -4.71. The summed E-state index contributed by atoms with van der Waals surface area (Å²) < 4.78 is 31.1. The van der Waals surface area contributed by atoms with Crippen molar-refractivity contribution < 1.29 is 32.1 Å². The lowest BCUT2D eigenvalue weighted by Crippen LogP contribution is -2.39. The first-order valence-corrected chi connectivity index (χ1v) is 10.8. The molecule has 0 aliphatic carbocycles. The molecule has 3 saturated heterocycles. The van der Waals surface area contributed by atoms with Crippen molar-refractivity contribution >= 4 is 45.6 Å². The van der Waals surface area contributed by atoms with Gasteiger partial charge in [-0.25, -0.2) is 9.69 Å². The molecule has 0 aromatic heterocycles. The zero-order chi connectivity index (χ0) is 19.1. The first-order chi connectivity index (χ1) is 12.2. The summed E-state index contributed by atoms with van der Waals surface area (Å²) in [5.41, 5.74) is 0. The summed E-state index contributed by atoms with van der Waals surface area (Å²) in [5.74, 6) is -2.01. The van der Waals surface area contributed by atoms with Crippen molar-refractivity contribution in [2.24, 2.45) is 0 Å². The zero-order valence-corrected chi connectivity index (χ0v) is 15.3. The highest BCUT2D eigenvalue weighted by Crippen LogP contribution is 2.33. The van der Waals surface area contributed by atoms with Crippen molar-refractivity contribution in [1.82, 2.24) is 15.5 Å². The van der Waals surface area contributed by atoms with Crippen LogP contribution in [0.1, 0.15) is 32.1 Å². The second-order valence-electron chi connectivity index (χ2n) is 6.54. The molecule has 3 aliphatic rings. The van der Waals surface area contributed by atoms with Gasteiger partial charge in [0.15, 0.2) is 5.25 Å². The third kappa shape index (κ3) is 3.71. The van der Waals surface area contributed by atoms with E-state index in [1.807, 2.05) is 0 Å². The fourth-order valence-corrected chi connectivity index (χ4v) is 5.73. The van der Waals surface area contributed by atoms with Crippen molar-refractivity contribution in [3.8, 4) is 0 Å². The smallest absolute Gasteiger partial charge is 0.315 e. The van der Waals surface area contributed by atoms with Gasteiger partial charge in [0, 0.05) is 17.4 Å². The van der Waals surface area contributed by atoms with Gasteiger partial charge in [0.2, 0.25) is 11.8 Å². The molecule has 0 saturated carbocycles. The lowest BCUT2D eigenvalue weighted by atomic mass is 10.0. The maximum absolute atomic E-state index is 12.1. The molecule has 0 unspecified atom stereocenters. The van der Waals surface area contributed by atoms with E-state index in [0.29, 0.717) is 17.7 Å². The molecule has 0 spiro atoms. The lowest BCUT2D eigenvalue weighted by Gasteiger charge is -2.17. The van der Waals surface area contributed by atoms with E-state index in [1.54, 1.807) is 11.8 Å². The van der Waals surface area contributed by atoms with Crippen molar-refractivity contribution in [3.63, 3.8) is 0 Å². The van der Waals surface area contributed by atoms with Crippen LogP contribution < -0.4 is 10.6 Å². The van der Waals surface area contributed by atoms with E-state index in [0.717, 1.165) is 12.2 Å². The van der Waals surface area contributed by atoms with Crippen LogP contribution in [-0.4, -0.2) is 70.0 Å². The monoisotopic (exact) mass is 405 g/mol. The normalized spacial score (nSPS) is 31.1. The van der Waals surface area contributed by atoms with E-state index >= 15 is 0 Å². The third-order valence-corrected chi connectivity index (χ3v) is 7.38. The van der Waals surface area contributed by atoms with Crippen LogP contribution in [0.2, 0.25) is 0 Å². The number of urea groups is 1. The van der Waals surface area contributed by atoms with Gasteiger partial charge in [-0.1, -0.05) is 6.42 Å². The molecule has 3 aliphatic heterocycles. The SMILES string of the molecule is O=C1N[C@H]2[C@H](CS[C@@H]2CCCCC(=O)N2C(=O)C[C@@H](S(=O)(=O)O)C2=O)N1. The Morgan fingerprint density at radius 1 is 1.23 bits per heavy atom. The summed E-state index contributed by atoms with van der Waals surface area (Å²) in [6.45, 7) is 0. The molecule has 3 N–H and O–H groups in total. The van der Waals surface area contributed by atoms with E-state index in [4.69, 9.17) is 4.55 Å². The van der Waals surface area contributed by atoms with Crippen LogP contribution in [0, 0.1) is 0 Å². The van der Waals surface area contributed by atoms with Gasteiger partial charge in [0.05, 0.1) is 18.5 Å². The molecule has 10 nitrogen and oxygen atoms in total. The molecule has 3 heterocycles. The number of fused-ring (bicyclic) bond motifs is 1. The number of nitrogens with one attached hydrogen (secondary N) is 2. The number of amides is 5. The van der Waals surface area contributed by atoms with Crippen LogP contribution in [0.25, 0.3) is 0 Å². The molecule has 4 atom stereocenters. The van der Waals surface area contributed by atoms with E-state index in [2.05, 4.69) is 10.6 Å². The molecule has 3 fully saturated rings. The molecule has 5 amide bonds. The largest absolute Gasteiger partial charge is 0.332 e. The summed E-state index contributed by atoms with van der Waals surface area (Å²) in [6.07, 6.45) is 1.10. The van der Waals surface area contributed by atoms with E-state index in [9.17, 15) is 27.6 Å². The second kappa shape index (κ2) is 7.16. The van der Waals surface area contributed by atoms with Gasteiger partial charge in [-0.3, -0.25) is 18.9 Å². The Morgan fingerprint density at radius 2 is 1.96 bits per heavy atom. The van der Waals surface area contributed by atoms with E-state index in [-0.39, 0.29) is 29.8 Å². The van der Waals surface area contributed by atoms with Gasteiger partial charge >= 0.3 is 6.03 Å². The Hall–Kier alpha value is -1.66. The van der Waals surface area contributed by atoms with Crippen LogP contribution in [0.3, 0.4) is 0 Å². The molecule has 26 heavy (non-hydrogen) atoms. The van der Waals surface area contributed by atoms with Crippen molar-refractivity contribution in [2.75, 3.05) is 5.75 Å². The number of hydrogen-bond acceptors (Lipinski definition) is 7. The Kier molecular flexibility index (Phi) is 5.26. The van der Waals surface area contributed by atoms with Gasteiger partial charge in [0.25, 0.3) is 16.0 Å². The Bertz CT molecular complexity index is 754. The van der Waals surface area contributed by atoms with Crippen LogP contribution in [0.5, 0.6) is 0 Å². The number of imide groups is 3.